The number of nitrogens with zero attached hydrogens (tertiary/aromatic N) is 1. The fourth-order valence-electron chi connectivity index (χ4n) is 1.51. The van der Waals surface area contributed by atoms with Crippen LogP contribution in [0.15, 0.2) is 36.5 Å². The molecule has 0 saturated carbocycles. The van der Waals surface area contributed by atoms with E-state index in [9.17, 15) is 4.39 Å². The van der Waals surface area contributed by atoms with Crippen LogP contribution >= 0.6 is 15.9 Å². The van der Waals surface area contributed by atoms with Crippen LogP contribution in [-0.2, 0) is 0 Å². The number of benzene rings is 1. The van der Waals surface area contributed by atoms with Gasteiger partial charge in [0.2, 0.25) is 0 Å². The molecule has 0 radical (unpaired) electrons. The van der Waals surface area contributed by atoms with Crippen molar-refractivity contribution in [1.82, 2.24) is 4.98 Å². The van der Waals surface area contributed by atoms with E-state index in [-0.39, 0.29) is 5.82 Å². The van der Waals surface area contributed by atoms with Crippen LogP contribution in [0, 0.1) is 5.82 Å². The van der Waals surface area contributed by atoms with Crippen molar-refractivity contribution < 1.29 is 4.39 Å². The second-order valence-electron chi connectivity index (χ2n) is 3.45. The molecule has 1 aromatic heterocycles. The smallest absolute Gasteiger partial charge is 0.132 e. The number of hydrogen-bond donors (Lipinski definition) is 0. The Bertz CT molecular complexity index is 522. The lowest BCUT2D eigenvalue weighted by molar-refractivity contribution is 0.626. The van der Waals surface area contributed by atoms with Crippen molar-refractivity contribution in [2.45, 2.75) is 6.42 Å². The highest BCUT2D eigenvalue weighted by Crippen LogP contribution is 2.18. The summed E-state index contributed by atoms with van der Waals surface area (Å²) in [4.78, 5) is 4.11. The van der Waals surface area contributed by atoms with Crippen LogP contribution in [-0.4, -0.2) is 10.3 Å². The van der Waals surface area contributed by atoms with E-state index >= 15 is 0 Å². The predicted octanol–water partition coefficient (Wildman–Crippen LogP) is 4.17. The zero-order chi connectivity index (χ0) is 11.4. The van der Waals surface area contributed by atoms with Crippen LogP contribution in [0.25, 0.3) is 17.0 Å². The van der Waals surface area contributed by atoms with Gasteiger partial charge in [-0.1, -0.05) is 34.1 Å². The van der Waals surface area contributed by atoms with E-state index in [0.29, 0.717) is 11.1 Å². The Morgan fingerprint density at radius 2 is 2.25 bits per heavy atom. The van der Waals surface area contributed by atoms with E-state index in [4.69, 9.17) is 0 Å². The summed E-state index contributed by atoms with van der Waals surface area (Å²) < 4.78 is 13.6. The zero-order valence-corrected chi connectivity index (χ0v) is 10.2. The van der Waals surface area contributed by atoms with Crippen molar-refractivity contribution in [2.24, 2.45) is 0 Å². The van der Waals surface area contributed by atoms with E-state index in [2.05, 4.69) is 20.9 Å². The van der Waals surface area contributed by atoms with Crippen LogP contribution in [0.4, 0.5) is 4.39 Å². The number of pyridine rings is 1. The molecule has 0 saturated heterocycles. The molecule has 0 aliphatic carbocycles. The van der Waals surface area contributed by atoms with Crippen LogP contribution < -0.4 is 0 Å². The van der Waals surface area contributed by atoms with Gasteiger partial charge in [-0.25, -0.2) is 4.39 Å². The maximum Gasteiger partial charge on any atom is 0.132 e. The van der Waals surface area contributed by atoms with Crippen molar-refractivity contribution in [2.75, 3.05) is 5.33 Å². The number of hydrogen-bond acceptors (Lipinski definition) is 1. The third-order valence-corrected chi connectivity index (χ3v) is 2.75. The minimum absolute atomic E-state index is 0.225. The van der Waals surface area contributed by atoms with Gasteiger partial charge in [-0.05, 0) is 18.6 Å². The fourth-order valence-corrected chi connectivity index (χ4v) is 1.78. The third-order valence-electron chi connectivity index (χ3n) is 2.29. The van der Waals surface area contributed by atoms with Gasteiger partial charge in [0.25, 0.3) is 0 Å². The van der Waals surface area contributed by atoms with Gasteiger partial charge in [-0.15, -0.1) is 0 Å². The van der Waals surface area contributed by atoms with E-state index in [1.807, 2.05) is 30.4 Å². The first-order chi connectivity index (χ1) is 7.81. The summed E-state index contributed by atoms with van der Waals surface area (Å²) in [6, 6.07) is 7.08. The van der Waals surface area contributed by atoms with Gasteiger partial charge in [0.15, 0.2) is 0 Å². The van der Waals surface area contributed by atoms with Crippen LogP contribution in [0.5, 0.6) is 0 Å². The molecular formula is C13H11BrFN. The van der Waals surface area contributed by atoms with Crippen LogP contribution in [0.1, 0.15) is 12.0 Å². The molecule has 0 N–H and O–H groups in total. The number of fused-ring (bicyclic) bond motifs is 1. The van der Waals surface area contributed by atoms with Crippen molar-refractivity contribution in [3.63, 3.8) is 0 Å². The number of allylic oxidation sites excluding steroid dienone is 1. The lowest BCUT2D eigenvalue weighted by Gasteiger charge is -2.00. The lowest BCUT2D eigenvalue weighted by atomic mass is 10.1. The average molecular weight is 280 g/mol. The molecule has 1 nitrogen and oxygen atoms in total. The standard InChI is InChI=1S/C13H11BrFN/c14-6-2-1-4-10-8-11-5-3-7-16-13(11)9-12(10)15/h1,3-5,7-9H,2,6H2. The molecule has 3 heteroatoms. The minimum atomic E-state index is -0.225. The number of halogens is 2. The Morgan fingerprint density at radius 3 is 3.06 bits per heavy atom. The number of aromatic nitrogens is 1. The van der Waals surface area contributed by atoms with Crippen molar-refractivity contribution >= 4 is 32.9 Å². The average Bonchev–Trinajstić information content (AvgIpc) is 2.30. The Balaban J connectivity index is 2.42. The third kappa shape index (κ3) is 2.47. The number of alkyl halides is 1. The molecular weight excluding hydrogens is 269 g/mol. The molecule has 1 heterocycles. The van der Waals surface area contributed by atoms with Crippen molar-refractivity contribution in [3.8, 4) is 0 Å². The van der Waals surface area contributed by atoms with Gasteiger partial charge in [0, 0.05) is 28.5 Å². The fraction of sp³-hybridized carbons (Fsp3) is 0.154. The summed E-state index contributed by atoms with van der Waals surface area (Å²) in [5.41, 5.74) is 1.30. The second kappa shape index (κ2) is 5.21. The first-order valence-corrected chi connectivity index (χ1v) is 6.20. The highest BCUT2D eigenvalue weighted by Gasteiger charge is 2.01. The molecule has 1 aromatic carbocycles. The van der Waals surface area contributed by atoms with Crippen LogP contribution in [0.3, 0.4) is 0 Å². The predicted molar refractivity (Wildman–Crippen MR) is 69.1 cm³/mol. The molecule has 0 unspecified atom stereocenters. The molecule has 0 aliphatic heterocycles. The Kier molecular flexibility index (Phi) is 3.67. The van der Waals surface area contributed by atoms with Gasteiger partial charge in [-0.2, -0.15) is 0 Å². The summed E-state index contributed by atoms with van der Waals surface area (Å²) in [5, 5.41) is 1.85. The van der Waals surface area contributed by atoms with Crippen molar-refractivity contribution in [3.05, 3.63) is 47.9 Å². The topological polar surface area (TPSA) is 12.9 Å². The van der Waals surface area contributed by atoms with E-state index < -0.39 is 0 Å². The maximum atomic E-state index is 13.6. The van der Waals surface area contributed by atoms with Crippen molar-refractivity contribution in [1.29, 1.82) is 0 Å². The van der Waals surface area contributed by atoms with E-state index in [1.54, 1.807) is 6.20 Å². The van der Waals surface area contributed by atoms with E-state index in [1.165, 1.54) is 6.07 Å². The first-order valence-electron chi connectivity index (χ1n) is 5.08. The van der Waals surface area contributed by atoms with E-state index in [0.717, 1.165) is 17.1 Å². The van der Waals surface area contributed by atoms with Gasteiger partial charge in [0.05, 0.1) is 5.52 Å². The molecule has 2 aromatic rings. The second-order valence-corrected chi connectivity index (χ2v) is 4.24. The highest BCUT2D eigenvalue weighted by molar-refractivity contribution is 9.09. The van der Waals surface area contributed by atoms with Crippen LogP contribution in [0.2, 0.25) is 0 Å². The maximum absolute atomic E-state index is 13.6. The first kappa shape index (κ1) is 11.3. The molecule has 0 aliphatic rings. The summed E-state index contributed by atoms with van der Waals surface area (Å²) in [5.74, 6) is -0.225. The quantitative estimate of drug-likeness (QED) is 0.769. The molecule has 2 rings (SSSR count). The molecule has 0 fully saturated rings. The van der Waals surface area contributed by atoms with Gasteiger partial charge < -0.3 is 0 Å². The lowest BCUT2D eigenvalue weighted by Crippen LogP contribution is -1.85. The minimum Gasteiger partial charge on any atom is -0.256 e. The molecule has 16 heavy (non-hydrogen) atoms. The zero-order valence-electron chi connectivity index (χ0n) is 8.66. The summed E-state index contributed by atoms with van der Waals surface area (Å²) in [7, 11) is 0. The SMILES string of the molecule is Fc1cc2ncccc2cc1C=CCCBr. The number of rotatable bonds is 3. The largest absolute Gasteiger partial charge is 0.256 e. The normalized spacial score (nSPS) is 11.4. The van der Waals surface area contributed by atoms with Gasteiger partial charge in [0.1, 0.15) is 5.82 Å². The highest BCUT2D eigenvalue weighted by atomic mass is 79.9. The monoisotopic (exact) mass is 279 g/mol. The molecule has 0 amide bonds. The molecule has 82 valence electrons. The Labute approximate surface area is 102 Å². The molecule has 0 atom stereocenters. The summed E-state index contributed by atoms with van der Waals surface area (Å²) >= 11 is 3.33. The van der Waals surface area contributed by atoms with Gasteiger partial charge >= 0.3 is 0 Å². The Hall–Kier alpha value is -1.22. The molecule has 0 spiro atoms. The Morgan fingerprint density at radius 1 is 1.38 bits per heavy atom. The summed E-state index contributed by atoms with van der Waals surface area (Å²) in [6.45, 7) is 0. The van der Waals surface area contributed by atoms with Gasteiger partial charge in [-0.3, -0.25) is 4.98 Å². The molecule has 0 bridgehead atoms. The summed E-state index contributed by atoms with van der Waals surface area (Å²) in [6.07, 6.45) is 6.32.